The van der Waals surface area contributed by atoms with E-state index in [0.29, 0.717) is 0 Å². The molecule has 2 heterocycles. The Hall–Kier alpha value is -1.21. The number of hydrogen-bond acceptors (Lipinski definition) is 6. The number of primary amides is 1. The molecule has 1 aromatic heterocycles. The Morgan fingerprint density at radius 2 is 2.05 bits per heavy atom. The molecule has 1 atom stereocenters. The summed E-state index contributed by atoms with van der Waals surface area (Å²) in [5.74, 6) is 0.185. The first kappa shape index (κ1) is 15.2. The highest BCUT2D eigenvalue weighted by Crippen LogP contribution is 2.29. The summed E-state index contributed by atoms with van der Waals surface area (Å²) in [5.41, 5.74) is 5.09. The van der Waals surface area contributed by atoms with Gasteiger partial charge in [-0.25, -0.2) is 4.98 Å². The van der Waals surface area contributed by atoms with Gasteiger partial charge in [-0.15, -0.1) is 0 Å². The molecular weight excluding hydrogens is 276 g/mol. The first-order chi connectivity index (χ1) is 9.29. The molecule has 1 saturated heterocycles. The number of amides is 1. The number of aliphatic hydroxyl groups is 1. The molecule has 6 nitrogen and oxygen atoms in total. The lowest BCUT2D eigenvalue weighted by Crippen LogP contribution is -2.42. The second-order valence-corrected chi connectivity index (χ2v) is 7.05. The lowest BCUT2D eigenvalue weighted by Gasteiger charge is -2.32. The average molecular weight is 298 g/mol. The van der Waals surface area contributed by atoms with Crippen molar-refractivity contribution in [1.82, 2.24) is 9.36 Å². The zero-order valence-corrected chi connectivity index (χ0v) is 13.0. The quantitative estimate of drug-likeness (QED) is 0.865. The third-order valence-corrected chi connectivity index (χ3v) is 4.41. The number of anilines is 1. The van der Waals surface area contributed by atoms with Crippen LogP contribution in [0.4, 0.5) is 5.13 Å². The van der Waals surface area contributed by atoms with Gasteiger partial charge in [0.1, 0.15) is 11.9 Å². The Balaban J connectivity index is 1.97. The molecule has 1 fully saturated rings. The number of nitrogens with zero attached hydrogens (tertiary/aromatic N) is 3. The highest BCUT2D eigenvalue weighted by molar-refractivity contribution is 7.09. The predicted octanol–water partition coefficient (Wildman–Crippen LogP) is 0.898. The number of carbonyl (C=O) groups excluding carboxylic acids is 1. The fraction of sp³-hybridized carbons (Fsp3) is 0.769. The first-order valence-corrected chi connectivity index (χ1v) is 7.63. The van der Waals surface area contributed by atoms with Gasteiger partial charge < -0.3 is 15.7 Å². The lowest BCUT2D eigenvalue weighted by molar-refractivity contribution is -0.129. The van der Waals surface area contributed by atoms with E-state index in [4.69, 9.17) is 5.73 Å². The number of nitrogens with two attached hydrogens (primary N) is 1. The average Bonchev–Trinajstić information content (AvgIpc) is 2.87. The molecule has 0 aliphatic carbocycles. The van der Waals surface area contributed by atoms with E-state index >= 15 is 0 Å². The molecule has 20 heavy (non-hydrogen) atoms. The van der Waals surface area contributed by atoms with Gasteiger partial charge in [0.05, 0.1) is 0 Å². The molecule has 1 aliphatic rings. The highest BCUT2D eigenvalue weighted by Gasteiger charge is 2.30. The molecule has 2 rings (SSSR count). The van der Waals surface area contributed by atoms with Gasteiger partial charge in [-0.05, 0) is 18.8 Å². The summed E-state index contributed by atoms with van der Waals surface area (Å²) in [6.45, 7) is 7.82. The van der Waals surface area contributed by atoms with Crippen LogP contribution in [0, 0.1) is 5.92 Å². The van der Waals surface area contributed by atoms with Crippen LogP contribution in [0.3, 0.4) is 0 Å². The Labute approximate surface area is 123 Å². The Morgan fingerprint density at radius 3 is 2.50 bits per heavy atom. The first-order valence-electron chi connectivity index (χ1n) is 6.85. The van der Waals surface area contributed by atoms with Crippen molar-refractivity contribution in [3.05, 3.63) is 5.82 Å². The topological polar surface area (TPSA) is 92.3 Å². The number of aromatic nitrogens is 2. The summed E-state index contributed by atoms with van der Waals surface area (Å²) >= 11 is 1.41. The van der Waals surface area contributed by atoms with Crippen molar-refractivity contribution >= 4 is 22.6 Å². The molecule has 0 aromatic carbocycles. The number of hydrogen-bond donors (Lipinski definition) is 2. The predicted molar refractivity (Wildman–Crippen MR) is 78.7 cm³/mol. The molecule has 0 saturated carbocycles. The molecule has 0 unspecified atom stereocenters. The maximum absolute atomic E-state index is 11.0. The van der Waals surface area contributed by atoms with Crippen LogP contribution in [0.1, 0.15) is 39.4 Å². The monoisotopic (exact) mass is 298 g/mol. The summed E-state index contributed by atoms with van der Waals surface area (Å²) in [5, 5.41) is 10.6. The van der Waals surface area contributed by atoms with Crippen LogP contribution < -0.4 is 10.6 Å². The van der Waals surface area contributed by atoms with Crippen molar-refractivity contribution < 1.29 is 9.90 Å². The van der Waals surface area contributed by atoms with Gasteiger partial charge in [-0.2, -0.15) is 4.37 Å². The van der Waals surface area contributed by atoms with Crippen LogP contribution >= 0.6 is 11.5 Å². The minimum Gasteiger partial charge on any atom is -0.383 e. The largest absolute Gasteiger partial charge is 0.383 e. The van der Waals surface area contributed by atoms with Crippen LogP contribution in [0.15, 0.2) is 0 Å². The number of carbonyl (C=O) groups is 1. The molecule has 7 heteroatoms. The molecule has 0 spiro atoms. The van der Waals surface area contributed by atoms with E-state index in [1.165, 1.54) is 11.5 Å². The summed E-state index contributed by atoms with van der Waals surface area (Å²) in [6, 6.07) is 0. The number of rotatable bonds is 3. The fourth-order valence-corrected chi connectivity index (χ4v) is 3.20. The molecule has 112 valence electrons. The van der Waals surface area contributed by atoms with E-state index in [1.807, 2.05) is 0 Å². The van der Waals surface area contributed by atoms with Crippen LogP contribution in [-0.4, -0.2) is 39.6 Å². The summed E-state index contributed by atoms with van der Waals surface area (Å²) in [4.78, 5) is 17.8. The lowest BCUT2D eigenvalue weighted by atomic mass is 9.91. The SMILES string of the molecule is CC(C)(C)c1nsc(N2CCC([C@@H](O)C(N)=O)CC2)n1. The van der Waals surface area contributed by atoms with E-state index in [0.717, 1.165) is 36.9 Å². The minimum absolute atomic E-state index is 0.0428. The molecule has 3 N–H and O–H groups in total. The van der Waals surface area contributed by atoms with Crippen molar-refractivity contribution in [3.63, 3.8) is 0 Å². The maximum Gasteiger partial charge on any atom is 0.246 e. The third-order valence-electron chi connectivity index (χ3n) is 3.63. The normalized spacial score (nSPS) is 19.1. The van der Waals surface area contributed by atoms with Crippen LogP contribution in [0.5, 0.6) is 0 Å². The zero-order valence-electron chi connectivity index (χ0n) is 12.2. The van der Waals surface area contributed by atoms with Gasteiger partial charge in [0.15, 0.2) is 0 Å². The smallest absolute Gasteiger partial charge is 0.246 e. The van der Waals surface area contributed by atoms with Gasteiger partial charge in [-0.1, -0.05) is 20.8 Å². The minimum atomic E-state index is -1.03. The summed E-state index contributed by atoms with van der Waals surface area (Å²) in [6.07, 6.45) is 0.458. The van der Waals surface area contributed by atoms with Crippen molar-refractivity contribution in [1.29, 1.82) is 0 Å². The van der Waals surface area contributed by atoms with Crippen molar-refractivity contribution in [2.45, 2.75) is 45.1 Å². The van der Waals surface area contributed by atoms with Gasteiger partial charge in [0.25, 0.3) is 0 Å². The highest BCUT2D eigenvalue weighted by atomic mass is 32.1. The Morgan fingerprint density at radius 1 is 1.45 bits per heavy atom. The fourth-order valence-electron chi connectivity index (χ4n) is 2.29. The number of piperidine rings is 1. The van der Waals surface area contributed by atoms with Crippen LogP contribution in [0.2, 0.25) is 0 Å². The molecular formula is C13H22N4O2S. The molecule has 0 radical (unpaired) electrons. The Bertz CT molecular complexity index is 475. The van der Waals surface area contributed by atoms with Crippen molar-refractivity contribution in [2.75, 3.05) is 18.0 Å². The maximum atomic E-state index is 11.0. The van der Waals surface area contributed by atoms with Crippen LogP contribution in [-0.2, 0) is 10.2 Å². The van der Waals surface area contributed by atoms with Gasteiger partial charge in [-0.3, -0.25) is 4.79 Å². The van der Waals surface area contributed by atoms with E-state index in [-0.39, 0.29) is 11.3 Å². The summed E-state index contributed by atoms with van der Waals surface area (Å²) < 4.78 is 4.41. The molecule has 1 aliphatic heterocycles. The van der Waals surface area contributed by atoms with Crippen LogP contribution in [0.25, 0.3) is 0 Å². The molecule has 0 bridgehead atoms. The van der Waals surface area contributed by atoms with Gasteiger partial charge >= 0.3 is 0 Å². The van der Waals surface area contributed by atoms with E-state index in [9.17, 15) is 9.90 Å². The zero-order chi connectivity index (χ0) is 14.9. The molecule has 1 aromatic rings. The third kappa shape index (κ3) is 3.27. The standard InChI is InChI=1S/C13H22N4O2S/c1-13(2,3)11-15-12(20-16-11)17-6-4-8(5-7-17)9(18)10(14)19/h8-9,18H,4-7H2,1-3H3,(H2,14,19)/t9-/m1/s1. The van der Waals surface area contributed by atoms with Gasteiger partial charge in [0, 0.05) is 30.0 Å². The van der Waals surface area contributed by atoms with E-state index in [1.54, 1.807) is 0 Å². The van der Waals surface area contributed by atoms with Crippen molar-refractivity contribution in [2.24, 2.45) is 11.7 Å². The van der Waals surface area contributed by atoms with E-state index in [2.05, 4.69) is 35.0 Å². The van der Waals surface area contributed by atoms with Gasteiger partial charge in [0.2, 0.25) is 11.0 Å². The summed E-state index contributed by atoms with van der Waals surface area (Å²) in [7, 11) is 0. The Kier molecular flexibility index (Phi) is 4.29. The van der Waals surface area contributed by atoms with E-state index < -0.39 is 12.0 Å². The second kappa shape index (κ2) is 5.65. The van der Waals surface area contributed by atoms with Crippen molar-refractivity contribution in [3.8, 4) is 0 Å². The second-order valence-electron chi connectivity index (χ2n) is 6.32. The number of aliphatic hydroxyl groups excluding tert-OH is 1. The molecule has 1 amide bonds.